The van der Waals surface area contributed by atoms with Crippen molar-refractivity contribution in [3.63, 3.8) is 0 Å². The molecule has 0 heterocycles. The normalized spacial score (nSPS) is 11.3. The van der Waals surface area contributed by atoms with Gasteiger partial charge in [0.15, 0.2) is 0 Å². The summed E-state index contributed by atoms with van der Waals surface area (Å²) >= 11 is 0. The number of nitrogens with one attached hydrogen (secondary N) is 1. The molecule has 5 nitrogen and oxygen atoms in total. The smallest absolute Gasteiger partial charge is 0.255 e. The van der Waals surface area contributed by atoms with Crippen LogP contribution in [0, 0.1) is 11.3 Å². The third-order valence-corrected chi connectivity index (χ3v) is 4.96. The lowest BCUT2D eigenvalue weighted by Crippen LogP contribution is -2.12. The van der Waals surface area contributed by atoms with E-state index in [0.29, 0.717) is 29.2 Å². The molecule has 3 aromatic rings. The number of amides is 1. The molecule has 3 aromatic carbocycles. The molecule has 1 atom stereocenters. The number of nitriles is 1. The van der Waals surface area contributed by atoms with Gasteiger partial charge in [-0.15, -0.1) is 0 Å². The Kier molecular flexibility index (Phi) is 6.20. The fourth-order valence-electron chi connectivity index (χ4n) is 2.50. The van der Waals surface area contributed by atoms with Gasteiger partial charge in [-0.05, 0) is 60.2 Å². The Labute approximate surface area is 166 Å². The summed E-state index contributed by atoms with van der Waals surface area (Å²) < 4.78 is 17.2. The third-order valence-electron chi connectivity index (χ3n) is 4.03. The van der Waals surface area contributed by atoms with Crippen molar-refractivity contribution >= 4 is 22.4 Å². The SMILES string of the molecule is CS(=O)c1ccc(COc2cccc(C(=O)Nc3ccc(C#N)cc3)c2)cc1. The number of ether oxygens (including phenoxy) is 1. The Bertz CT molecular complexity index is 1040. The second kappa shape index (κ2) is 8.98. The van der Waals surface area contributed by atoms with Gasteiger partial charge in [-0.3, -0.25) is 9.00 Å². The van der Waals surface area contributed by atoms with E-state index in [1.165, 1.54) is 0 Å². The van der Waals surface area contributed by atoms with Gasteiger partial charge >= 0.3 is 0 Å². The highest BCUT2D eigenvalue weighted by Gasteiger charge is 2.08. The molecule has 0 fully saturated rings. The first kappa shape index (κ1) is 19.3. The number of rotatable bonds is 6. The minimum atomic E-state index is -1.01. The first-order valence-electron chi connectivity index (χ1n) is 8.52. The van der Waals surface area contributed by atoms with Gasteiger partial charge in [0.2, 0.25) is 0 Å². The highest BCUT2D eigenvalue weighted by molar-refractivity contribution is 7.84. The summed E-state index contributed by atoms with van der Waals surface area (Å²) in [6.07, 6.45) is 1.64. The summed E-state index contributed by atoms with van der Waals surface area (Å²) in [6.45, 7) is 0.345. The van der Waals surface area contributed by atoms with Crippen molar-refractivity contribution in [2.75, 3.05) is 11.6 Å². The van der Waals surface area contributed by atoms with Crippen LogP contribution in [0.2, 0.25) is 0 Å². The summed E-state index contributed by atoms with van der Waals surface area (Å²) in [5.41, 5.74) is 2.57. The Morgan fingerprint density at radius 1 is 1.07 bits per heavy atom. The van der Waals surface area contributed by atoms with Crippen LogP contribution < -0.4 is 10.1 Å². The molecule has 0 aliphatic carbocycles. The van der Waals surface area contributed by atoms with Gasteiger partial charge in [-0.1, -0.05) is 18.2 Å². The van der Waals surface area contributed by atoms with Crippen molar-refractivity contribution in [1.29, 1.82) is 5.26 Å². The van der Waals surface area contributed by atoms with E-state index in [0.717, 1.165) is 10.5 Å². The molecule has 6 heteroatoms. The Morgan fingerprint density at radius 3 is 2.43 bits per heavy atom. The summed E-state index contributed by atoms with van der Waals surface area (Å²) in [6, 6.07) is 23.0. The van der Waals surface area contributed by atoms with E-state index in [1.54, 1.807) is 54.8 Å². The van der Waals surface area contributed by atoms with Crippen molar-refractivity contribution in [3.8, 4) is 11.8 Å². The molecule has 0 aliphatic heterocycles. The summed E-state index contributed by atoms with van der Waals surface area (Å²) in [5, 5.41) is 11.6. The largest absolute Gasteiger partial charge is 0.489 e. The van der Waals surface area contributed by atoms with E-state index in [1.807, 2.05) is 30.3 Å². The van der Waals surface area contributed by atoms with Crippen LogP contribution in [0.5, 0.6) is 5.75 Å². The van der Waals surface area contributed by atoms with Crippen LogP contribution in [0.15, 0.2) is 77.7 Å². The number of carbonyl (C=O) groups excluding carboxylic acids is 1. The van der Waals surface area contributed by atoms with Crippen LogP contribution in [-0.4, -0.2) is 16.4 Å². The van der Waals surface area contributed by atoms with Crippen LogP contribution in [0.1, 0.15) is 21.5 Å². The molecule has 140 valence electrons. The Morgan fingerprint density at radius 2 is 1.79 bits per heavy atom. The standard InChI is InChI=1S/C22H18N2O3S/c1-28(26)21-11-7-17(8-12-21)15-27-20-4-2-3-18(13-20)22(25)24-19-9-5-16(14-23)6-10-19/h2-13H,15H2,1H3,(H,24,25). The minimum Gasteiger partial charge on any atom is -0.489 e. The predicted molar refractivity (Wildman–Crippen MR) is 109 cm³/mol. The topological polar surface area (TPSA) is 79.2 Å². The average molecular weight is 390 g/mol. The van der Waals surface area contributed by atoms with Crippen LogP contribution in [0.25, 0.3) is 0 Å². The number of hydrogen-bond acceptors (Lipinski definition) is 4. The van der Waals surface area contributed by atoms with E-state index in [9.17, 15) is 9.00 Å². The van der Waals surface area contributed by atoms with Crippen molar-refractivity contribution in [2.45, 2.75) is 11.5 Å². The first-order chi connectivity index (χ1) is 13.5. The van der Waals surface area contributed by atoms with Crippen molar-refractivity contribution in [2.24, 2.45) is 0 Å². The van der Waals surface area contributed by atoms with Gasteiger partial charge in [-0.25, -0.2) is 0 Å². The minimum absolute atomic E-state index is 0.259. The first-order valence-corrected chi connectivity index (χ1v) is 10.1. The van der Waals surface area contributed by atoms with Crippen molar-refractivity contribution in [3.05, 3.63) is 89.5 Å². The molecule has 28 heavy (non-hydrogen) atoms. The van der Waals surface area contributed by atoms with E-state index in [2.05, 4.69) is 5.32 Å². The van der Waals surface area contributed by atoms with Crippen LogP contribution >= 0.6 is 0 Å². The maximum absolute atomic E-state index is 12.4. The Balaban J connectivity index is 1.63. The third kappa shape index (κ3) is 5.06. The predicted octanol–water partition coefficient (Wildman–Crippen LogP) is 4.13. The van der Waals surface area contributed by atoms with E-state index >= 15 is 0 Å². The second-order valence-electron chi connectivity index (χ2n) is 6.06. The van der Waals surface area contributed by atoms with E-state index < -0.39 is 10.8 Å². The molecular formula is C22H18N2O3S. The second-order valence-corrected chi connectivity index (χ2v) is 7.44. The van der Waals surface area contributed by atoms with Crippen LogP contribution in [0.3, 0.4) is 0 Å². The van der Waals surface area contributed by atoms with Gasteiger partial charge in [0, 0.05) is 33.2 Å². The van der Waals surface area contributed by atoms with E-state index in [-0.39, 0.29) is 5.91 Å². The average Bonchev–Trinajstić information content (AvgIpc) is 2.73. The Hall–Kier alpha value is -3.43. The highest BCUT2D eigenvalue weighted by Crippen LogP contribution is 2.18. The molecule has 0 saturated carbocycles. The molecule has 0 bridgehead atoms. The van der Waals surface area contributed by atoms with Gasteiger partial charge < -0.3 is 10.1 Å². The number of nitrogens with zero attached hydrogens (tertiary/aromatic N) is 1. The molecule has 0 radical (unpaired) electrons. The maximum Gasteiger partial charge on any atom is 0.255 e. The van der Waals surface area contributed by atoms with Crippen LogP contribution in [-0.2, 0) is 17.4 Å². The fraction of sp³-hybridized carbons (Fsp3) is 0.0909. The molecular weight excluding hydrogens is 372 g/mol. The van der Waals surface area contributed by atoms with E-state index in [4.69, 9.17) is 10.00 Å². The fourth-order valence-corrected chi connectivity index (χ4v) is 3.02. The molecule has 1 N–H and O–H groups in total. The molecule has 0 aromatic heterocycles. The zero-order valence-corrected chi connectivity index (χ0v) is 16.0. The monoisotopic (exact) mass is 390 g/mol. The van der Waals surface area contributed by atoms with Gasteiger partial charge in [0.05, 0.1) is 11.6 Å². The number of hydrogen-bond donors (Lipinski definition) is 1. The lowest BCUT2D eigenvalue weighted by Gasteiger charge is -2.09. The maximum atomic E-state index is 12.4. The van der Waals surface area contributed by atoms with Gasteiger partial charge in [0.25, 0.3) is 5.91 Å². The summed E-state index contributed by atoms with van der Waals surface area (Å²) in [5.74, 6) is 0.320. The van der Waals surface area contributed by atoms with Crippen molar-refractivity contribution in [1.82, 2.24) is 0 Å². The molecule has 0 spiro atoms. The molecule has 0 saturated heterocycles. The van der Waals surface area contributed by atoms with Crippen LogP contribution in [0.4, 0.5) is 5.69 Å². The molecule has 1 unspecified atom stereocenters. The van der Waals surface area contributed by atoms with Crippen molar-refractivity contribution < 1.29 is 13.7 Å². The lowest BCUT2D eigenvalue weighted by atomic mass is 10.2. The quantitative estimate of drug-likeness (QED) is 0.686. The number of carbonyl (C=O) groups is 1. The number of benzene rings is 3. The summed E-state index contributed by atoms with van der Waals surface area (Å²) in [4.78, 5) is 13.2. The van der Waals surface area contributed by atoms with Gasteiger partial charge in [0.1, 0.15) is 12.4 Å². The molecule has 3 rings (SSSR count). The molecule has 0 aliphatic rings. The zero-order valence-electron chi connectivity index (χ0n) is 15.2. The number of anilines is 1. The lowest BCUT2D eigenvalue weighted by molar-refractivity contribution is 0.102. The molecule has 1 amide bonds. The zero-order chi connectivity index (χ0) is 19.9. The van der Waals surface area contributed by atoms with Gasteiger partial charge in [-0.2, -0.15) is 5.26 Å². The highest BCUT2D eigenvalue weighted by atomic mass is 32.2. The summed E-state index contributed by atoms with van der Waals surface area (Å²) in [7, 11) is -1.01.